The number of halogens is 1. The van der Waals surface area contributed by atoms with E-state index in [4.69, 9.17) is 11.6 Å². The normalized spacial score (nSPS) is 10.7. The smallest absolute Gasteiger partial charge is 0.321 e. The van der Waals surface area contributed by atoms with Crippen molar-refractivity contribution < 1.29 is 9.59 Å². The summed E-state index contributed by atoms with van der Waals surface area (Å²) in [6, 6.07) is 11.1. The van der Waals surface area contributed by atoms with Crippen LogP contribution in [0.3, 0.4) is 0 Å². The topological polar surface area (TPSA) is 61.4 Å². The van der Waals surface area contributed by atoms with Gasteiger partial charge in [0.15, 0.2) is 0 Å². The number of hydrogen-bond acceptors (Lipinski definition) is 4. The summed E-state index contributed by atoms with van der Waals surface area (Å²) in [5.74, 6) is -0.322. The molecule has 7 heteroatoms. The van der Waals surface area contributed by atoms with Gasteiger partial charge in [0.2, 0.25) is 5.91 Å². The van der Waals surface area contributed by atoms with E-state index in [1.165, 1.54) is 4.88 Å². The lowest BCUT2D eigenvalue weighted by molar-refractivity contribution is -0.121. The first-order valence-electron chi connectivity index (χ1n) is 8.13. The van der Waals surface area contributed by atoms with Crippen molar-refractivity contribution in [3.05, 3.63) is 57.2 Å². The molecule has 0 aliphatic heterocycles. The number of carbonyl (C=O) groups excluding carboxylic acids is 2. The molecule has 0 spiro atoms. The molecular weight excluding hydrogens is 358 g/mol. The molecule has 0 aliphatic carbocycles. The van der Waals surface area contributed by atoms with Gasteiger partial charge in [-0.05, 0) is 42.1 Å². The Morgan fingerprint density at radius 3 is 2.76 bits per heavy atom. The number of amides is 3. The van der Waals surface area contributed by atoms with Crippen LogP contribution in [0.5, 0.6) is 0 Å². The molecule has 0 radical (unpaired) electrons. The second-order valence-corrected chi connectivity index (χ2v) is 7.04. The molecule has 2 rings (SSSR count). The van der Waals surface area contributed by atoms with Gasteiger partial charge in [0.25, 0.3) is 0 Å². The van der Waals surface area contributed by atoms with Gasteiger partial charge in [0, 0.05) is 23.0 Å². The van der Waals surface area contributed by atoms with Gasteiger partial charge < -0.3 is 5.32 Å². The Hall–Kier alpha value is -1.89. The highest BCUT2D eigenvalue weighted by Crippen LogP contribution is 2.12. The average Bonchev–Trinajstić information content (AvgIpc) is 3.07. The van der Waals surface area contributed by atoms with Crippen molar-refractivity contribution in [3.63, 3.8) is 0 Å². The van der Waals surface area contributed by atoms with E-state index in [1.807, 2.05) is 53.6 Å². The van der Waals surface area contributed by atoms with Crippen LogP contribution in [0, 0.1) is 0 Å². The van der Waals surface area contributed by atoms with E-state index in [2.05, 4.69) is 10.6 Å². The maximum Gasteiger partial charge on any atom is 0.321 e. The van der Waals surface area contributed by atoms with Gasteiger partial charge in [0.1, 0.15) is 0 Å². The molecule has 1 aromatic heterocycles. The first-order valence-corrected chi connectivity index (χ1v) is 9.39. The molecule has 0 bridgehead atoms. The zero-order valence-corrected chi connectivity index (χ0v) is 15.7. The van der Waals surface area contributed by atoms with Crippen LogP contribution >= 0.6 is 22.9 Å². The number of urea groups is 1. The van der Waals surface area contributed by atoms with E-state index in [-0.39, 0.29) is 12.5 Å². The van der Waals surface area contributed by atoms with Gasteiger partial charge in [-0.25, -0.2) is 4.79 Å². The fraction of sp³-hybridized carbons (Fsp3) is 0.333. The summed E-state index contributed by atoms with van der Waals surface area (Å²) in [7, 11) is 0. The van der Waals surface area contributed by atoms with Crippen LogP contribution in [0.25, 0.3) is 0 Å². The minimum atomic E-state index is -0.458. The third-order valence-corrected chi connectivity index (χ3v) is 4.77. The van der Waals surface area contributed by atoms with Gasteiger partial charge in [-0.15, -0.1) is 11.3 Å². The van der Waals surface area contributed by atoms with Crippen LogP contribution in [0.2, 0.25) is 5.02 Å². The van der Waals surface area contributed by atoms with Crippen molar-refractivity contribution in [3.8, 4) is 0 Å². The van der Waals surface area contributed by atoms with Gasteiger partial charge in [-0.1, -0.05) is 36.7 Å². The Labute approximate surface area is 157 Å². The number of benzene rings is 1. The predicted molar refractivity (Wildman–Crippen MR) is 102 cm³/mol. The maximum atomic E-state index is 12.0. The third-order valence-electron chi connectivity index (χ3n) is 3.60. The summed E-state index contributed by atoms with van der Waals surface area (Å²) < 4.78 is 0. The fourth-order valence-electron chi connectivity index (χ4n) is 2.34. The van der Waals surface area contributed by atoms with Crippen LogP contribution in [0.15, 0.2) is 41.8 Å². The summed E-state index contributed by atoms with van der Waals surface area (Å²) >= 11 is 7.63. The van der Waals surface area contributed by atoms with Gasteiger partial charge in [-0.2, -0.15) is 0 Å². The predicted octanol–water partition coefficient (Wildman–Crippen LogP) is 3.29. The number of carbonyl (C=O) groups is 2. The number of imide groups is 1. The largest absolute Gasteiger partial charge is 0.337 e. The Morgan fingerprint density at radius 2 is 2.08 bits per heavy atom. The molecule has 0 unspecified atom stereocenters. The molecule has 5 nitrogen and oxygen atoms in total. The Balaban J connectivity index is 1.72. The molecule has 2 N–H and O–H groups in total. The van der Waals surface area contributed by atoms with Crippen molar-refractivity contribution in [1.29, 1.82) is 0 Å². The van der Waals surface area contributed by atoms with Crippen molar-refractivity contribution in [2.75, 3.05) is 19.6 Å². The number of nitrogens with one attached hydrogen (secondary N) is 2. The first-order chi connectivity index (χ1) is 12.1. The van der Waals surface area contributed by atoms with Gasteiger partial charge in [0.05, 0.1) is 6.54 Å². The molecule has 134 valence electrons. The molecule has 0 saturated heterocycles. The summed E-state index contributed by atoms with van der Waals surface area (Å²) in [6.07, 6.45) is 0.759. The Morgan fingerprint density at radius 1 is 1.24 bits per heavy atom. The summed E-state index contributed by atoms with van der Waals surface area (Å²) in [4.78, 5) is 27.0. The summed E-state index contributed by atoms with van der Waals surface area (Å²) in [5, 5.41) is 7.74. The molecule has 3 amide bonds. The third kappa shape index (κ3) is 7.25. The zero-order valence-electron chi connectivity index (χ0n) is 14.1. The number of nitrogens with zero attached hydrogens (tertiary/aromatic N) is 1. The van der Waals surface area contributed by atoms with Crippen molar-refractivity contribution >= 4 is 34.9 Å². The van der Waals surface area contributed by atoms with E-state index in [1.54, 1.807) is 11.3 Å². The van der Waals surface area contributed by atoms with Crippen LogP contribution < -0.4 is 10.6 Å². The lowest BCUT2D eigenvalue weighted by Gasteiger charge is -2.19. The van der Waals surface area contributed by atoms with E-state index in [0.717, 1.165) is 12.0 Å². The fourth-order valence-corrected chi connectivity index (χ4v) is 3.26. The minimum Gasteiger partial charge on any atom is -0.337 e. The quantitative estimate of drug-likeness (QED) is 0.739. The van der Waals surface area contributed by atoms with Crippen molar-refractivity contribution in [2.45, 2.75) is 19.9 Å². The van der Waals surface area contributed by atoms with Crippen LogP contribution in [-0.4, -0.2) is 36.5 Å². The molecule has 0 aliphatic rings. The minimum absolute atomic E-state index is 0.154. The highest BCUT2D eigenvalue weighted by atomic mass is 35.5. The Kier molecular flexibility index (Phi) is 7.91. The molecule has 0 atom stereocenters. The standard InChI is InChI=1S/C18H22ClN3O2S/c1-2-22(12-14-5-3-6-15(19)11-14)13-17(23)21-18(24)20-9-8-16-7-4-10-25-16/h3-7,10-11H,2,8-9,12-13H2,1H3,(H2,20,21,23,24). The van der Waals surface area contributed by atoms with E-state index < -0.39 is 6.03 Å². The van der Waals surface area contributed by atoms with Crippen LogP contribution in [0.4, 0.5) is 4.79 Å². The number of rotatable bonds is 8. The second kappa shape index (κ2) is 10.2. The van der Waals surface area contributed by atoms with E-state index >= 15 is 0 Å². The van der Waals surface area contributed by atoms with Crippen LogP contribution in [0.1, 0.15) is 17.4 Å². The number of thiophene rings is 1. The second-order valence-electron chi connectivity index (χ2n) is 5.57. The maximum absolute atomic E-state index is 12.0. The lowest BCUT2D eigenvalue weighted by Crippen LogP contribution is -2.44. The Bertz CT molecular complexity index is 691. The molecule has 25 heavy (non-hydrogen) atoms. The highest BCUT2D eigenvalue weighted by Gasteiger charge is 2.12. The van der Waals surface area contributed by atoms with Crippen LogP contribution in [-0.2, 0) is 17.8 Å². The molecular formula is C18H22ClN3O2S. The number of hydrogen-bond donors (Lipinski definition) is 2. The highest BCUT2D eigenvalue weighted by molar-refractivity contribution is 7.09. The monoisotopic (exact) mass is 379 g/mol. The SMILES string of the molecule is CCN(CC(=O)NC(=O)NCCc1cccs1)Cc1cccc(Cl)c1. The van der Waals surface area contributed by atoms with Crippen molar-refractivity contribution in [2.24, 2.45) is 0 Å². The molecule has 2 aromatic rings. The van der Waals surface area contributed by atoms with Crippen molar-refractivity contribution in [1.82, 2.24) is 15.5 Å². The zero-order chi connectivity index (χ0) is 18.1. The average molecular weight is 380 g/mol. The van der Waals surface area contributed by atoms with Gasteiger partial charge in [-0.3, -0.25) is 15.0 Å². The first kappa shape index (κ1) is 19.4. The van der Waals surface area contributed by atoms with E-state index in [0.29, 0.717) is 24.7 Å². The summed E-state index contributed by atoms with van der Waals surface area (Å²) in [5.41, 5.74) is 1.03. The molecule has 0 saturated carbocycles. The van der Waals surface area contributed by atoms with E-state index in [9.17, 15) is 9.59 Å². The molecule has 1 aromatic carbocycles. The molecule has 1 heterocycles. The van der Waals surface area contributed by atoms with Gasteiger partial charge >= 0.3 is 6.03 Å². The lowest BCUT2D eigenvalue weighted by atomic mass is 10.2. The molecule has 0 fully saturated rings. The summed E-state index contributed by atoms with van der Waals surface area (Å²) in [6.45, 7) is 3.92. The number of likely N-dealkylation sites (N-methyl/N-ethyl adjacent to an activating group) is 1.